The number of fused-ring (bicyclic) bond motifs is 2. The maximum atomic E-state index is 12.3. The molecule has 1 aromatic carbocycles. The van der Waals surface area contributed by atoms with Crippen LogP contribution in [0.25, 0.3) is 6.08 Å². The average Bonchev–Trinajstić information content (AvgIpc) is 3.21. The largest absolute Gasteiger partial charge is 0.394 e. The van der Waals surface area contributed by atoms with E-state index < -0.39 is 12.6 Å². The van der Waals surface area contributed by atoms with E-state index in [1.54, 1.807) is 6.08 Å². The van der Waals surface area contributed by atoms with Gasteiger partial charge < -0.3 is 15.7 Å². The molecule has 2 aliphatic rings. The minimum atomic E-state index is -0.906. The second-order valence-corrected chi connectivity index (χ2v) is 6.78. The van der Waals surface area contributed by atoms with E-state index >= 15 is 0 Å². The lowest BCUT2D eigenvalue weighted by Crippen LogP contribution is -2.52. The highest BCUT2D eigenvalue weighted by atomic mass is 16.3. The number of nitrogens with one attached hydrogen (secondary N) is 2. The van der Waals surface area contributed by atoms with Gasteiger partial charge in [0.25, 0.3) is 0 Å². The fraction of sp³-hybridized carbons (Fsp3) is 0.474. The monoisotopic (exact) mass is 328 g/mol. The second kappa shape index (κ2) is 7.62. The smallest absolute Gasteiger partial charge is 0.245 e. The molecular weight excluding hydrogens is 304 g/mol. The Kier molecular flexibility index (Phi) is 5.30. The Hall–Kier alpha value is -2.14. The molecule has 2 fully saturated rings. The van der Waals surface area contributed by atoms with Crippen LogP contribution in [0.4, 0.5) is 0 Å². The summed E-state index contributed by atoms with van der Waals surface area (Å²) < 4.78 is 0. The highest BCUT2D eigenvalue weighted by molar-refractivity contribution is 5.95. The number of benzene rings is 1. The first-order valence-electron chi connectivity index (χ1n) is 8.60. The van der Waals surface area contributed by atoms with E-state index in [-0.39, 0.29) is 17.9 Å². The Bertz CT molecular complexity index is 614. The third-order valence-electron chi connectivity index (χ3n) is 5.11. The maximum Gasteiger partial charge on any atom is 0.245 e. The summed E-state index contributed by atoms with van der Waals surface area (Å²) in [6.45, 7) is -0.405. The Balaban J connectivity index is 1.51. The van der Waals surface area contributed by atoms with Crippen LogP contribution in [-0.4, -0.2) is 35.6 Å². The summed E-state index contributed by atoms with van der Waals surface area (Å²) in [6.07, 6.45) is 7.71. The Morgan fingerprint density at radius 1 is 1.21 bits per heavy atom. The topological polar surface area (TPSA) is 78.4 Å². The zero-order valence-corrected chi connectivity index (χ0v) is 13.7. The summed E-state index contributed by atoms with van der Waals surface area (Å²) in [7, 11) is 0. The SMILES string of the molecule is O=C(C=Cc1ccccc1)NC(CO)C(=O)NC1CC2CCC1C2. The lowest BCUT2D eigenvalue weighted by atomic mass is 9.95. The Morgan fingerprint density at radius 2 is 2.00 bits per heavy atom. The maximum absolute atomic E-state index is 12.3. The van der Waals surface area contributed by atoms with Gasteiger partial charge in [-0.2, -0.15) is 0 Å². The minimum absolute atomic E-state index is 0.196. The van der Waals surface area contributed by atoms with Crippen molar-refractivity contribution in [3.8, 4) is 0 Å². The van der Waals surface area contributed by atoms with Crippen molar-refractivity contribution in [3.63, 3.8) is 0 Å². The predicted octanol–water partition coefficient (Wildman–Crippen LogP) is 1.48. The highest BCUT2D eigenvalue weighted by Gasteiger charge is 2.40. The van der Waals surface area contributed by atoms with Crippen LogP contribution >= 0.6 is 0 Å². The lowest BCUT2D eigenvalue weighted by Gasteiger charge is -2.25. The van der Waals surface area contributed by atoms with E-state index in [4.69, 9.17) is 0 Å². The van der Waals surface area contributed by atoms with Crippen molar-refractivity contribution in [3.05, 3.63) is 42.0 Å². The van der Waals surface area contributed by atoms with Gasteiger partial charge in [0.2, 0.25) is 11.8 Å². The molecule has 2 bridgehead atoms. The lowest BCUT2D eigenvalue weighted by molar-refractivity contribution is -0.128. The molecule has 24 heavy (non-hydrogen) atoms. The van der Waals surface area contributed by atoms with Crippen molar-refractivity contribution in [1.29, 1.82) is 0 Å². The number of hydrogen-bond acceptors (Lipinski definition) is 3. The third kappa shape index (κ3) is 4.03. The van der Waals surface area contributed by atoms with Crippen molar-refractivity contribution >= 4 is 17.9 Å². The fourth-order valence-corrected chi connectivity index (χ4v) is 3.85. The molecule has 3 N–H and O–H groups in total. The molecular formula is C19H24N2O3. The van der Waals surface area contributed by atoms with Crippen molar-refractivity contribution in [2.45, 2.75) is 37.8 Å². The number of aliphatic hydroxyl groups excluding tert-OH is 1. The van der Waals surface area contributed by atoms with Crippen LogP contribution < -0.4 is 10.6 Å². The third-order valence-corrected chi connectivity index (χ3v) is 5.11. The molecule has 2 saturated carbocycles. The molecule has 3 rings (SSSR count). The number of hydrogen-bond donors (Lipinski definition) is 3. The van der Waals surface area contributed by atoms with E-state index in [2.05, 4.69) is 10.6 Å². The van der Waals surface area contributed by atoms with Crippen molar-refractivity contribution < 1.29 is 14.7 Å². The number of amides is 2. The van der Waals surface area contributed by atoms with Gasteiger partial charge >= 0.3 is 0 Å². The van der Waals surface area contributed by atoms with E-state index in [1.165, 1.54) is 25.3 Å². The van der Waals surface area contributed by atoms with Gasteiger partial charge in [-0.15, -0.1) is 0 Å². The average molecular weight is 328 g/mol. The summed E-state index contributed by atoms with van der Waals surface area (Å²) in [5.74, 6) is 0.612. The zero-order chi connectivity index (χ0) is 16.9. The predicted molar refractivity (Wildman–Crippen MR) is 91.9 cm³/mol. The molecule has 4 atom stereocenters. The molecule has 5 heteroatoms. The summed E-state index contributed by atoms with van der Waals surface area (Å²) in [4.78, 5) is 24.3. The molecule has 4 unspecified atom stereocenters. The molecule has 1 aromatic rings. The van der Waals surface area contributed by atoms with Gasteiger partial charge in [-0.25, -0.2) is 0 Å². The zero-order valence-electron chi connectivity index (χ0n) is 13.7. The standard InChI is InChI=1S/C19H24N2O3/c22-12-17(19(24)21-16-11-14-6-8-15(16)10-14)20-18(23)9-7-13-4-2-1-3-5-13/h1-5,7,9,14-17,22H,6,8,10-12H2,(H,20,23)(H,21,24). The molecule has 0 aliphatic heterocycles. The number of carbonyl (C=O) groups is 2. The normalized spacial score (nSPS) is 26.5. The van der Waals surface area contributed by atoms with Crippen molar-refractivity contribution in [2.75, 3.05) is 6.61 Å². The first kappa shape index (κ1) is 16.7. The first-order chi connectivity index (χ1) is 11.7. The van der Waals surface area contributed by atoms with Crippen LogP contribution in [0.1, 0.15) is 31.2 Å². The van der Waals surface area contributed by atoms with Crippen LogP contribution in [0.15, 0.2) is 36.4 Å². The summed E-state index contributed by atoms with van der Waals surface area (Å²) in [5.41, 5.74) is 0.902. The van der Waals surface area contributed by atoms with Crippen LogP contribution in [0.3, 0.4) is 0 Å². The molecule has 0 saturated heterocycles. The van der Waals surface area contributed by atoms with Crippen LogP contribution in [0.2, 0.25) is 0 Å². The van der Waals surface area contributed by atoms with E-state index in [0.29, 0.717) is 5.92 Å². The molecule has 0 spiro atoms. The number of rotatable bonds is 6. The van der Waals surface area contributed by atoms with Gasteiger partial charge in [-0.3, -0.25) is 9.59 Å². The molecule has 5 nitrogen and oxygen atoms in total. The number of carbonyl (C=O) groups excluding carboxylic acids is 2. The molecule has 128 valence electrons. The molecule has 0 radical (unpaired) electrons. The highest BCUT2D eigenvalue weighted by Crippen LogP contribution is 2.44. The van der Waals surface area contributed by atoms with E-state index in [9.17, 15) is 14.7 Å². The quantitative estimate of drug-likeness (QED) is 0.692. The molecule has 2 amide bonds. The molecule has 0 aromatic heterocycles. The van der Waals surface area contributed by atoms with Crippen LogP contribution in [0.5, 0.6) is 0 Å². The van der Waals surface area contributed by atoms with E-state index in [1.807, 2.05) is 30.3 Å². The number of aliphatic hydroxyl groups is 1. The molecule has 0 heterocycles. The van der Waals surface area contributed by atoms with Crippen molar-refractivity contribution in [1.82, 2.24) is 10.6 Å². The van der Waals surface area contributed by atoms with Crippen LogP contribution in [0, 0.1) is 11.8 Å². The second-order valence-electron chi connectivity index (χ2n) is 6.78. The minimum Gasteiger partial charge on any atom is -0.394 e. The first-order valence-corrected chi connectivity index (χ1v) is 8.60. The summed E-state index contributed by atoms with van der Waals surface area (Å²) in [5, 5.41) is 15.0. The summed E-state index contributed by atoms with van der Waals surface area (Å²) in [6, 6.07) is 8.73. The van der Waals surface area contributed by atoms with Gasteiger partial charge in [-0.05, 0) is 42.7 Å². The Morgan fingerprint density at radius 3 is 2.62 bits per heavy atom. The van der Waals surface area contributed by atoms with Gasteiger partial charge in [-0.1, -0.05) is 36.8 Å². The molecule has 2 aliphatic carbocycles. The van der Waals surface area contributed by atoms with E-state index in [0.717, 1.165) is 17.9 Å². The van der Waals surface area contributed by atoms with Gasteiger partial charge in [0, 0.05) is 12.1 Å². The van der Waals surface area contributed by atoms with Crippen molar-refractivity contribution in [2.24, 2.45) is 11.8 Å². The summed E-state index contributed by atoms with van der Waals surface area (Å²) >= 11 is 0. The van der Waals surface area contributed by atoms with Crippen LogP contribution in [-0.2, 0) is 9.59 Å². The van der Waals surface area contributed by atoms with Gasteiger partial charge in [0.05, 0.1) is 6.61 Å². The van der Waals surface area contributed by atoms with Gasteiger partial charge in [0.1, 0.15) is 6.04 Å². The van der Waals surface area contributed by atoms with Gasteiger partial charge in [0.15, 0.2) is 0 Å². The Labute approximate surface area is 142 Å². The fourth-order valence-electron chi connectivity index (χ4n) is 3.85.